The summed E-state index contributed by atoms with van der Waals surface area (Å²) in [6.07, 6.45) is 1.50. The van der Waals surface area contributed by atoms with Crippen molar-refractivity contribution < 1.29 is 4.74 Å². The molecule has 0 aliphatic heterocycles. The van der Waals surface area contributed by atoms with Crippen molar-refractivity contribution in [3.8, 4) is 11.6 Å². The van der Waals surface area contributed by atoms with Gasteiger partial charge in [0, 0.05) is 10.7 Å². The highest BCUT2D eigenvalue weighted by Gasteiger charge is 2.08. The highest BCUT2D eigenvalue weighted by Crippen LogP contribution is 2.32. The molecule has 1 heterocycles. The van der Waals surface area contributed by atoms with Crippen LogP contribution in [0.4, 0.5) is 0 Å². The van der Waals surface area contributed by atoms with Crippen molar-refractivity contribution in [1.29, 1.82) is 0 Å². The van der Waals surface area contributed by atoms with Gasteiger partial charge in [0.1, 0.15) is 10.8 Å². The lowest BCUT2D eigenvalue weighted by Gasteiger charge is -2.09. The van der Waals surface area contributed by atoms with E-state index in [1.807, 2.05) is 25.1 Å². The van der Waals surface area contributed by atoms with E-state index in [4.69, 9.17) is 27.9 Å². The molecule has 5 heteroatoms. The van der Waals surface area contributed by atoms with Crippen LogP contribution in [0.1, 0.15) is 5.56 Å². The van der Waals surface area contributed by atoms with Crippen LogP contribution in [0.3, 0.4) is 0 Å². The molecule has 0 spiro atoms. The number of benzene rings is 1. The summed E-state index contributed by atoms with van der Waals surface area (Å²) in [6, 6.07) is 7.35. The molecule has 0 aliphatic rings. The first-order valence-electron chi connectivity index (χ1n) is 4.81. The van der Waals surface area contributed by atoms with Crippen LogP contribution in [0.15, 0.2) is 34.9 Å². The first-order valence-corrected chi connectivity index (χ1v) is 6.36. The molecule has 2 rings (SSSR count). The van der Waals surface area contributed by atoms with Gasteiger partial charge in [-0.1, -0.05) is 45.2 Å². The van der Waals surface area contributed by atoms with Crippen LogP contribution in [0.5, 0.6) is 11.6 Å². The normalized spacial score (nSPS) is 10.4. The van der Waals surface area contributed by atoms with Crippen molar-refractivity contribution in [3.05, 3.63) is 50.5 Å². The van der Waals surface area contributed by atoms with Crippen LogP contribution in [0.25, 0.3) is 0 Å². The Balaban J connectivity index is 2.34. The molecule has 0 saturated heterocycles. The van der Waals surface area contributed by atoms with Gasteiger partial charge in [0.05, 0.1) is 5.02 Å². The van der Waals surface area contributed by atoms with Crippen LogP contribution in [-0.4, -0.2) is 4.98 Å². The average molecular weight is 333 g/mol. The summed E-state index contributed by atoms with van der Waals surface area (Å²) < 4.78 is 6.58. The number of ether oxygens (including phenoxy) is 1. The first-order chi connectivity index (χ1) is 8.06. The SMILES string of the molecule is Cc1ccc(Br)cc1Oc1ncc(Cl)cc1Cl. The summed E-state index contributed by atoms with van der Waals surface area (Å²) in [7, 11) is 0. The van der Waals surface area contributed by atoms with Crippen LogP contribution in [0, 0.1) is 6.92 Å². The number of pyridine rings is 1. The molecule has 0 amide bonds. The second-order valence-electron chi connectivity index (χ2n) is 3.45. The third kappa shape index (κ3) is 3.12. The third-order valence-electron chi connectivity index (χ3n) is 2.13. The summed E-state index contributed by atoms with van der Waals surface area (Å²) in [6.45, 7) is 1.95. The van der Waals surface area contributed by atoms with E-state index in [1.165, 1.54) is 6.20 Å². The number of hydrogen-bond donors (Lipinski definition) is 0. The maximum Gasteiger partial charge on any atom is 0.238 e. The van der Waals surface area contributed by atoms with Crippen molar-refractivity contribution in [1.82, 2.24) is 4.98 Å². The molecule has 0 unspecified atom stereocenters. The lowest BCUT2D eigenvalue weighted by atomic mass is 10.2. The lowest BCUT2D eigenvalue weighted by Crippen LogP contribution is -1.91. The Morgan fingerprint density at radius 1 is 1.24 bits per heavy atom. The molecule has 0 saturated carbocycles. The second-order valence-corrected chi connectivity index (χ2v) is 5.21. The predicted octanol–water partition coefficient (Wildman–Crippen LogP) is 5.25. The van der Waals surface area contributed by atoms with Crippen molar-refractivity contribution in [2.45, 2.75) is 6.92 Å². The Labute approximate surface area is 118 Å². The van der Waals surface area contributed by atoms with E-state index in [0.29, 0.717) is 21.7 Å². The Morgan fingerprint density at radius 2 is 2.00 bits per heavy atom. The number of hydrogen-bond acceptors (Lipinski definition) is 2. The van der Waals surface area contributed by atoms with Gasteiger partial charge in [0.15, 0.2) is 0 Å². The van der Waals surface area contributed by atoms with Crippen molar-refractivity contribution in [2.24, 2.45) is 0 Å². The standard InChI is InChI=1S/C12H8BrCl2NO/c1-7-2-3-8(13)4-11(7)17-12-10(15)5-9(14)6-16-12/h2-6H,1H3. The molecule has 88 valence electrons. The topological polar surface area (TPSA) is 22.1 Å². The van der Waals surface area contributed by atoms with Crippen LogP contribution >= 0.6 is 39.1 Å². The van der Waals surface area contributed by atoms with Gasteiger partial charge in [0.25, 0.3) is 0 Å². The molecule has 0 aliphatic carbocycles. The van der Waals surface area contributed by atoms with Crippen LogP contribution in [0.2, 0.25) is 10.0 Å². The molecule has 1 aromatic carbocycles. The van der Waals surface area contributed by atoms with Gasteiger partial charge in [-0.3, -0.25) is 0 Å². The maximum atomic E-state index is 5.99. The fourth-order valence-corrected chi connectivity index (χ4v) is 2.02. The first kappa shape index (κ1) is 12.7. The van der Waals surface area contributed by atoms with Gasteiger partial charge in [0.2, 0.25) is 5.88 Å². The Hall–Kier alpha value is -0.770. The predicted molar refractivity (Wildman–Crippen MR) is 73.2 cm³/mol. The number of nitrogens with zero attached hydrogens (tertiary/aromatic N) is 1. The molecule has 0 N–H and O–H groups in total. The Morgan fingerprint density at radius 3 is 2.71 bits per heavy atom. The monoisotopic (exact) mass is 331 g/mol. The zero-order valence-electron chi connectivity index (χ0n) is 8.88. The number of aromatic nitrogens is 1. The minimum atomic E-state index is 0.345. The highest BCUT2D eigenvalue weighted by molar-refractivity contribution is 9.10. The molecule has 2 aromatic rings. The Bertz CT molecular complexity index is 560. The minimum Gasteiger partial charge on any atom is -0.437 e. The smallest absolute Gasteiger partial charge is 0.238 e. The van der Waals surface area contributed by atoms with E-state index in [2.05, 4.69) is 20.9 Å². The summed E-state index contributed by atoms with van der Waals surface area (Å²) in [4.78, 5) is 4.04. The molecule has 0 bridgehead atoms. The molecular weight excluding hydrogens is 325 g/mol. The summed E-state index contributed by atoms with van der Waals surface area (Å²) >= 11 is 15.1. The highest BCUT2D eigenvalue weighted by atomic mass is 79.9. The molecule has 0 fully saturated rings. The van der Waals surface area contributed by atoms with Gasteiger partial charge in [-0.25, -0.2) is 4.98 Å². The summed E-state index contributed by atoms with van der Waals surface area (Å²) in [5.41, 5.74) is 1.00. The van der Waals surface area contributed by atoms with E-state index >= 15 is 0 Å². The van der Waals surface area contributed by atoms with E-state index in [1.54, 1.807) is 6.07 Å². The second kappa shape index (κ2) is 5.25. The quantitative estimate of drug-likeness (QED) is 0.749. The number of rotatable bonds is 2. The van der Waals surface area contributed by atoms with E-state index < -0.39 is 0 Å². The molecule has 0 atom stereocenters. The van der Waals surface area contributed by atoms with Crippen molar-refractivity contribution in [3.63, 3.8) is 0 Å². The van der Waals surface area contributed by atoms with Crippen molar-refractivity contribution in [2.75, 3.05) is 0 Å². The van der Waals surface area contributed by atoms with Gasteiger partial charge < -0.3 is 4.74 Å². The summed E-state index contributed by atoms with van der Waals surface area (Å²) in [5.74, 6) is 1.05. The van der Waals surface area contributed by atoms with E-state index in [0.717, 1.165) is 10.0 Å². The largest absolute Gasteiger partial charge is 0.437 e. The average Bonchev–Trinajstić information content (AvgIpc) is 2.27. The van der Waals surface area contributed by atoms with Gasteiger partial charge in [-0.2, -0.15) is 0 Å². The third-order valence-corrected chi connectivity index (χ3v) is 3.10. The van der Waals surface area contributed by atoms with Gasteiger partial charge >= 0.3 is 0 Å². The molecule has 17 heavy (non-hydrogen) atoms. The fraction of sp³-hybridized carbons (Fsp3) is 0.0833. The Kier molecular flexibility index (Phi) is 3.92. The molecule has 2 nitrogen and oxygen atoms in total. The zero-order chi connectivity index (χ0) is 12.4. The van der Waals surface area contributed by atoms with E-state index in [9.17, 15) is 0 Å². The van der Waals surface area contributed by atoms with Crippen molar-refractivity contribution >= 4 is 39.1 Å². The number of aryl methyl sites for hydroxylation is 1. The van der Waals surface area contributed by atoms with E-state index in [-0.39, 0.29) is 0 Å². The zero-order valence-corrected chi connectivity index (χ0v) is 12.0. The molecule has 0 radical (unpaired) electrons. The molecule has 1 aromatic heterocycles. The summed E-state index contributed by atoms with van der Waals surface area (Å²) in [5, 5.41) is 0.866. The van der Waals surface area contributed by atoms with Gasteiger partial charge in [-0.05, 0) is 30.7 Å². The van der Waals surface area contributed by atoms with Crippen LogP contribution in [-0.2, 0) is 0 Å². The maximum absolute atomic E-state index is 5.99. The fourth-order valence-electron chi connectivity index (χ4n) is 1.27. The van der Waals surface area contributed by atoms with Gasteiger partial charge in [-0.15, -0.1) is 0 Å². The number of halogens is 3. The van der Waals surface area contributed by atoms with Crippen LogP contribution < -0.4 is 4.74 Å². The minimum absolute atomic E-state index is 0.345. The lowest BCUT2D eigenvalue weighted by molar-refractivity contribution is 0.459. The molecular formula is C12H8BrCl2NO.